The number of hydrogen-bond donors (Lipinski definition) is 0. The third-order valence-electron chi connectivity index (χ3n) is 3.60. The van der Waals surface area contributed by atoms with Gasteiger partial charge in [0, 0.05) is 5.56 Å². The van der Waals surface area contributed by atoms with E-state index >= 15 is 0 Å². The van der Waals surface area contributed by atoms with Gasteiger partial charge in [0.1, 0.15) is 6.10 Å². The number of Topliss-reactive ketones (excluding diaryl/α,β-unsaturated/α-hetero) is 1. The number of rotatable bonds is 4. The molecule has 1 aliphatic heterocycles. The number of carbonyl (C=O) groups excluding carboxylic acids is 1. The predicted molar refractivity (Wildman–Crippen MR) is 80.6 cm³/mol. The Balaban J connectivity index is 1.67. The van der Waals surface area contributed by atoms with Crippen molar-refractivity contribution in [2.24, 2.45) is 0 Å². The fourth-order valence-electron chi connectivity index (χ4n) is 2.44. The molecule has 1 unspecified atom stereocenters. The third kappa shape index (κ3) is 3.57. The average Bonchev–Trinajstić information content (AvgIpc) is 2.57. The summed E-state index contributed by atoms with van der Waals surface area (Å²) in [6.45, 7) is 1.41. The highest BCUT2D eigenvalue weighted by Crippen LogP contribution is 2.14. The number of carbonyl (C=O) groups is 1. The molecule has 1 fully saturated rings. The molecule has 21 heavy (non-hydrogen) atoms. The van der Waals surface area contributed by atoms with Crippen LogP contribution in [-0.2, 0) is 15.9 Å². The minimum atomic E-state index is -0.460. The first-order valence-corrected chi connectivity index (χ1v) is 7.19. The second-order valence-electron chi connectivity index (χ2n) is 5.16. The summed E-state index contributed by atoms with van der Waals surface area (Å²) in [5, 5.41) is 0. The van der Waals surface area contributed by atoms with Gasteiger partial charge >= 0.3 is 0 Å². The SMILES string of the molecule is O=C(c1ccc(Cc2ccccc2)cc1)C1COCCO1. The van der Waals surface area contributed by atoms with Gasteiger partial charge in [0.05, 0.1) is 19.8 Å². The lowest BCUT2D eigenvalue weighted by atomic mass is 10.0. The molecule has 1 aliphatic rings. The van der Waals surface area contributed by atoms with E-state index in [4.69, 9.17) is 9.47 Å². The second-order valence-corrected chi connectivity index (χ2v) is 5.16. The maximum absolute atomic E-state index is 12.3. The summed E-state index contributed by atoms with van der Waals surface area (Å²) in [4.78, 5) is 12.3. The van der Waals surface area contributed by atoms with Crippen molar-refractivity contribution in [2.45, 2.75) is 12.5 Å². The standard InChI is InChI=1S/C18H18O3/c19-18(17-13-20-10-11-21-17)16-8-6-15(7-9-16)12-14-4-2-1-3-5-14/h1-9,17H,10-13H2. The molecule has 3 rings (SSSR count). The molecule has 3 nitrogen and oxygen atoms in total. The highest BCUT2D eigenvalue weighted by atomic mass is 16.6. The second kappa shape index (κ2) is 6.66. The van der Waals surface area contributed by atoms with Crippen molar-refractivity contribution >= 4 is 5.78 Å². The van der Waals surface area contributed by atoms with E-state index in [1.165, 1.54) is 11.1 Å². The van der Waals surface area contributed by atoms with E-state index in [1.54, 1.807) is 0 Å². The van der Waals surface area contributed by atoms with Crippen molar-refractivity contribution < 1.29 is 14.3 Å². The molecule has 0 N–H and O–H groups in total. The van der Waals surface area contributed by atoms with Crippen LogP contribution in [0.1, 0.15) is 21.5 Å². The topological polar surface area (TPSA) is 35.5 Å². The number of benzene rings is 2. The van der Waals surface area contributed by atoms with E-state index in [0.717, 1.165) is 6.42 Å². The van der Waals surface area contributed by atoms with Crippen molar-refractivity contribution in [1.29, 1.82) is 0 Å². The number of ketones is 1. The van der Waals surface area contributed by atoms with E-state index in [0.29, 0.717) is 25.4 Å². The summed E-state index contributed by atoms with van der Waals surface area (Å²) >= 11 is 0. The molecule has 0 spiro atoms. The van der Waals surface area contributed by atoms with Gasteiger partial charge in [-0.1, -0.05) is 54.6 Å². The van der Waals surface area contributed by atoms with Crippen molar-refractivity contribution in [1.82, 2.24) is 0 Å². The van der Waals surface area contributed by atoms with Crippen molar-refractivity contribution in [3.8, 4) is 0 Å². The molecule has 0 bridgehead atoms. The van der Waals surface area contributed by atoms with E-state index in [-0.39, 0.29) is 5.78 Å². The number of hydrogen-bond acceptors (Lipinski definition) is 3. The Morgan fingerprint density at radius 2 is 1.67 bits per heavy atom. The quantitative estimate of drug-likeness (QED) is 0.809. The molecule has 3 heteroatoms. The van der Waals surface area contributed by atoms with Gasteiger partial charge in [-0.25, -0.2) is 0 Å². The molecule has 2 aromatic rings. The van der Waals surface area contributed by atoms with Crippen LogP contribution in [0.2, 0.25) is 0 Å². The monoisotopic (exact) mass is 282 g/mol. The minimum Gasteiger partial charge on any atom is -0.376 e. The van der Waals surface area contributed by atoms with Crippen LogP contribution in [0.5, 0.6) is 0 Å². The molecule has 0 saturated carbocycles. The minimum absolute atomic E-state index is 0.000890. The molecule has 1 heterocycles. The molecule has 1 saturated heterocycles. The maximum Gasteiger partial charge on any atom is 0.193 e. The summed E-state index contributed by atoms with van der Waals surface area (Å²) in [6.07, 6.45) is 0.414. The molecule has 2 aromatic carbocycles. The summed E-state index contributed by atoms with van der Waals surface area (Å²) in [5.74, 6) is 0.000890. The maximum atomic E-state index is 12.3. The third-order valence-corrected chi connectivity index (χ3v) is 3.60. The van der Waals surface area contributed by atoms with Gasteiger partial charge in [-0.05, 0) is 17.5 Å². The van der Waals surface area contributed by atoms with Gasteiger partial charge < -0.3 is 9.47 Å². The highest BCUT2D eigenvalue weighted by molar-refractivity contribution is 5.99. The number of ether oxygens (including phenoxy) is 2. The van der Waals surface area contributed by atoms with Gasteiger partial charge in [-0.3, -0.25) is 4.79 Å². The molecule has 0 aliphatic carbocycles. The molecule has 1 atom stereocenters. The zero-order valence-corrected chi connectivity index (χ0v) is 11.8. The van der Waals surface area contributed by atoms with E-state index in [2.05, 4.69) is 12.1 Å². The van der Waals surface area contributed by atoms with Gasteiger partial charge in [-0.2, -0.15) is 0 Å². The first kappa shape index (κ1) is 14.0. The lowest BCUT2D eigenvalue weighted by Gasteiger charge is -2.21. The Morgan fingerprint density at radius 3 is 2.33 bits per heavy atom. The fraction of sp³-hybridized carbons (Fsp3) is 0.278. The van der Waals surface area contributed by atoms with Crippen LogP contribution in [0.15, 0.2) is 54.6 Å². The zero-order chi connectivity index (χ0) is 14.5. The van der Waals surface area contributed by atoms with Crippen molar-refractivity contribution in [3.63, 3.8) is 0 Å². The lowest BCUT2D eigenvalue weighted by Crippen LogP contribution is -2.35. The average molecular weight is 282 g/mol. The smallest absolute Gasteiger partial charge is 0.193 e. The van der Waals surface area contributed by atoms with Gasteiger partial charge in [-0.15, -0.1) is 0 Å². The normalized spacial score (nSPS) is 18.4. The lowest BCUT2D eigenvalue weighted by molar-refractivity contribution is -0.0719. The van der Waals surface area contributed by atoms with Crippen LogP contribution < -0.4 is 0 Å². The first-order chi connectivity index (χ1) is 10.3. The van der Waals surface area contributed by atoms with E-state index in [9.17, 15) is 4.79 Å². The molecule has 0 radical (unpaired) electrons. The van der Waals surface area contributed by atoms with Crippen LogP contribution in [0.4, 0.5) is 0 Å². The van der Waals surface area contributed by atoms with E-state index < -0.39 is 6.10 Å². The van der Waals surface area contributed by atoms with Gasteiger partial charge in [0.2, 0.25) is 0 Å². The van der Waals surface area contributed by atoms with Gasteiger partial charge in [0.15, 0.2) is 5.78 Å². The van der Waals surface area contributed by atoms with Crippen molar-refractivity contribution in [3.05, 3.63) is 71.3 Å². The molecule has 108 valence electrons. The van der Waals surface area contributed by atoms with Crippen LogP contribution >= 0.6 is 0 Å². The van der Waals surface area contributed by atoms with Crippen molar-refractivity contribution in [2.75, 3.05) is 19.8 Å². The van der Waals surface area contributed by atoms with Crippen LogP contribution in [0.25, 0.3) is 0 Å². The summed E-state index contributed by atoms with van der Waals surface area (Å²) in [7, 11) is 0. The zero-order valence-electron chi connectivity index (χ0n) is 11.8. The Labute approximate surface area is 124 Å². The molecular formula is C18H18O3. The fourth-order valence-corrected chi connectivity index (χ4v) is 2.44. The highest BCUT2D eigenvalue weighted by Gasteiger charge is 2.23. The predicted octanol–water partition coefficient (Wildman–Crippen LogP) is 2.88. The summed E-state index contributed by atoms with van der Waals surface area (Å²) in [5.41, 5.74) is 3.14. The van der Waals surface area contributed by atoms with E-state index in [1.807, 2.05) is 42.5 Å². The van der Waals surface area contributed by atoms with Gasteiger partial charge in [0.25, 0.3) is 0 Å². The van der Waals surface area contributed by atoms with Crippen LogP contribution in [-0.4, -0.2) is 31.7 Å². The summed E-state index contributed by atoms with van der Waals surface area (Å²) < 4.78 is 10.7. The largest absolute Gasteiger partial charge is 0.376 e. The Kier molecular flexibility index (Phi) is 4.43. The first-order valence-electron chi connectivity index (χ1n) is 7.19. The van der Waals surface area contributed by atoms with Crippen LogP contribution in [0.3, 0.4) is 0 Å². The summed E-state index contributed by atoms with van der Waals surface area (Å²) in [6, 6.07) is 18.0. The van der Waals surface area contributed by atoms with Crippen LogP contribution in [0, 0.1) is 0 Å². The molecule has 0 aromatic heterocycles. The Hall–Kier alpha value is -1.97. The molecular weight excluding hydrogens is 264 g/mol. The Morgan fingerprint density at radius 1 is 0.952 bits per heavy atom. The Bertz CT molecular complexity index is 584. The molecule has 0 amide bonds.